The van der Waals surface area contributed by atoms with E-state index in [4.69, 9.17) is 0 Å². The summed E-state index contributed by atoms with van der Waals surface area (Å²) >= 11 is 0. The van der Waals surface area contributed by atoms with Gasteiger partial charge in [-0.2, -0.15) is 0 Å². The van der Waals surface area contributed by atoms with Crippen molar-refractivity contribution in [2.45, 2.75) is 6.42 Å². The van der Waals surface area contributed by atoms with Gasteiger partial charge in [0.05, 0.1) is 12.2 Å². The molecular weight excluding hydrogens is 342 g/mol. The second kappa shape index (κ2) is 7.41. The molecule has 0 radical (unpaired) electrons. The summed E-state index contributed by atoms with van der Waals surface area (Å²) in [4.78, 5) is 30.7. The average molecular weight is 361 g/mol. The van der Waals surface area contributed by atoms with Crippen molar-refractivity contribution in [2.24, 2.45) is 0 Å². The van der Waals surface area contributed by atoms with Crippen molar-refractivity contribution in [3.05, 3.63) is 66.5 Å². The fraction of sp³-hybridized carbons (Fsp3) is 0.200. The van der Waals surface area contributed by atoms with E-state index in [0.29, 0.717) is 25.3 Å². The van der Waals surface area contributed by atoms with Gasteiger partial charge >= 0.3 is 0 Å². The molecule has 2 aromatic carbocycles. The molecule has 1 aromatic heterocycles. The molecule has 136 valence electrons. The molecular formula is C20H19N5O2. The van der Waals surface area contributed by atoms with Gasteiger partial charge in [-0.1, -0.05) is 48.5 Å². The van der Waals surface area contributed by atoms with E-state index >= 15 is 0 Å². The highest BCUT2D eigenvalue weighted by Gasteiger charge is 2.26. The number of nitrogens with one attached hydrogen (secondary N) is 1. The summed E-state index contributed by atoms with van der Waals surface area (Å²) in [6, 6.07) is 19.2. The van der Waals surface area contributed by atoms with Gasteiger partial charge < -0.3 is 10.2 Å². The maximum absolute atomic E-state index is 12.9. The highest BCUT2D eigenvalue weighted by atomic mass is 16.2. The molecule has 1 N–H and O–H groups in total. The minimum absolute atomic E-state index is 0.0272. The van der Waals surface area contributed by atoms with Crippen molar-refractivity contribution in [3.63, 3.8) is 0 Å². The predicted molar refractivity (Wildman–Crippen MR) is 100 cm³/mol. The highest BCUT2D eigenvalue weighted by molar-refractivity contribution is 5.94. The molecule has 1 saturated heterocycles. The molecule has 7 heteroatoms. The monoisotopic (exact) mass is 361 g/mol. The number of nitrogens with zero attached hydrogens (tertiary/aromatic N) is 4. The number of hydrogen-bond donors (Lipinski definition) is 1. The lowest BCUT2D eigenvalue weighted by Gasteiger charge is -2.16. The third-order valence-corrected chi connectivity index (χ3v) is 4.38. The van der Waals surface area contributed by atoms with Crippen LogP contribution in [0.5, 0.6) is 0 Å². The van der Waals surface area contributed by atoms with Crippen molar-refractivity contribution in [1.29, 1.82) is 0 Å². The molecule has 0 atom stereocenters. The van der Waals surface area contributed by atoms with Crippen LogP contribution >= 0.6 is 0 Å². The molecule has 3 aromatic rings. The normalized spacial score (nSPS) is 14.5. The van der Waals surface area contributed by atoms with E-state index < -0.39 is 0 Å². The Kier molecular flexibility index (Phi) is 4.65. The standard InChI is InChI=1S/C20H19N5O2/c26-17-14-24(13-7-12-21-17)20(27)18-22-19(15-8-3-1-4-9-15)25(23-18)16-10-5-2-6-11-16/h1-6,8-11H,7,12-14H2,(H,21,26). The van der Waals surface area contributed by atoms with Crippen LogP contribution in [0, 0.1) is 0 Å². The van der Waals surface area contributed by atoms with Crippen LogP contribution in [0.25, 0.3) is 17.1 Å². The van der Waals surface area contributed by atoms with E-state index in [1.165, 1.54) is 4.90 Å². The summed E-state index contributed by atoms with van der Waals surface area (Å²) in [7, 11) is 0. The van der Waals surface area contributed by atoms with Crippen molar-refractivity contribution in [1.82, 2.24) is 25.0 Å². The second-order valence-electron chi connectivity index (χ2n) is 6.30. The highest BCUT2D eigenvalue weighted by Crippen LogP contribution is 2.21. The lowest BCUT2D eigenvalue weighted by molar-refractivity contribution is -0.121. The summed E-state index contributed by atoms with van der Waals surface area (Å²) in [5.74, 6) is 0.183. The molecule has 7 nitrogen and oxygen atoms in total. The van der Waals surface area contributed by atoms with Crippen LogP contribution in [0.15, 0.2) is 60.7 Å². The molecule has 0 unspecified atom stereocenters. The number of aromatic nitrogens is 3. The summed E-state index contributed by atoms with van der Waals surface area (Å²) < 4.78 is 1.67. The lowest BCUT2D eigenvalue weighted by Crippen LogP contribution is -2.37. The van der Waals surface area contributed by atoms with E-state index in [9.17, 15) is 9.59 Å². The van der Waals surface area contributed by atoms with Gasteiger partial charge in [0, 0.05) is 18.7 Å². The average Bonchev–Trinajstić information content (AvgIpc) is 3.05. The smallest absolute Gasteiger partial charge is 0.294 e. The Morgan fingerprint density at radius 2 is 1.70 bits per heavy atom. The molecule has 0 aliphatic carbocycles. The zero-order chi connectivity index (χ0) is 18.6. The number of carbonyl (C=O) groups is 2. The molecule has 2 heterocycles. The first kappa shape index (κ1) is 17.0. The summed E-state index contributed by atoms with van der Waals surface area (Å²) in [6.45, 7) is 1.10. The minimum atomic E-state index is -0.334. The van der Waals surface area contributed by atoms with Crippen LogP contribution in [0.3, 0.4) is 0 Å². The van der Waals surface area contributed by atoms with Gasteiger partial charge in [0.2, 0.25) is 11.7 Å². The van der Waals surface area contributed by atoms with Gasteiger partial charge in [0.25, 0.3) is 5.91 Å². The van der Waals surface area contributed by atoms with Crippen LogP contribution in [-0.2, 0) is 4.79 Å². The Balaban J connectivity index is 1.75. The topological polar surface area (TPSA) is 80.1 Å². The molecule has 0 spiro atoms. The molecule has 0 bridgehead atoms. The lowest BCUT2D eigenvalue weighted by atomic mass is 10.2. The van der Waals surface area contributed by atoms with Crippen LogP contribution in [0.4, 0.5) is 0 Å². The maximum atomic E-state index is 12.9. The largest absolute Gasteiger partial charge is 0.354 e. The van der Waals surface area contributed by atoms with Crippen molar-refractivity contribution in [2.75, 3.05) is 19.6 Å². The first-order valence-corrected chi connectivity index (χ1v) is 8.86. The Morgan fingerprint density at radius 3 is 2.44 bits per heavy atom. The van der Waals surface area contributed by atoms with Crippen LogP contribution in [-0.4, -0.2) is 51.1 Å². The predicted octanol–water partition coefficient (Wildman–Crippen LogP) is 1.90. The second-order valence-corrected chi connectivity index (χ2v) is 6.30. The number of rotatable bonds is 3. The molecule has 0 saturated carbocycles. The van der Waals surface area contributed by atoms with Crippen molar-refractivity contribution >= 4 is 11.8 Å². The number of hydrogen-bond acceptors (Lipinski definition) is 4. The molecule has 27 heavy (non-hydrogen) atoms. The fourth-order valence-corrected chi connectivity index (χ4v) is 3.05. The SMILES string of the molecule is O=C1CN(C(=O)c2nc(-c3ccccc3)n(-c3ccccc3)n2)CCCN1. The van der Waals surface area contributed by atoms with Crippen molar-refractivity contribution in [3.8, 4) is 17.1 Å². The summed E-state index contributed by atoms with van der Waals surface area (Å²) in [6.07, 6.45) is 0.711. The maximum Gasteiger partial charge on any atom is 0.294 e. The number of benzene rings is 2. The zero-order valence-electron chi connectivity index (χ0n) is 14.7. The van der Waals surface area contributed by atoms with Crippen LogP contribution in [0.1, 0.15) is 17.0 Å². The number of carbonyl (C=O) groups excluding carboxylic acids is 2. The first-order chi connectivity index (χ1) is 13.2. The zero-order valence-corrected chi connectivity index (χ0v) is 14.7. The van der Waals surface area contributed by atoms with E-state index in [1.54, 1.807) is 4.68 Å². The minimum Gasteiger partial charge on any atom is -0.354 e. The summed E-state index contributed by atoms with van der Waals surface area (Å²) in [5.41, 5.74) is 1.68. The number of amides is 2. The first-order valence-electron chi connectivity index (χ1n) is 8.86. The van der Waals surface area contributed by atoms with Gasteiger partial charge in [-0.3, -0.25) is 9.59 Å². The van der Waals surface area contributed by atoms with Gasteiger partial charge in [0.1, 0.15) is 0 Å². The molecule has 1 aliphatic heterocycles. The Hall–Kier alpha value is -3.48. The van der Waals surface area contributed by atoms with Gasteiger partial charge in [-0.05, 0) is 18.6 Å². The summed E-state index contributed by atoms with van der Waals surface area (Å²) in [5, 5.41) is 7.24. The van der Waals surface area contributed by atoms with Crippen LogP contribution < -0.4 is 5.32 Å². The molecule has 4 rings (SSSR count). The van der Waals surface area contributed by atoms with E-state index in [2.05, 4.69) is 15.4 Å². The molecule has 2 amide bonds. The molecule has 1 aliphatic rings. The van der Waals surface area contributed by atoms with E-state index in [-0.39, 0.29) is 24.2 Å². The van der Waals surface area contributed by atoms with Crippen molar-refractivity contribution < 1.29 is 9.59 Å². The fourth-order valence-electron chi connectivity index (χ4n) is 3.05. The van der Waals surface area contributed by atoms with Gasteiger partial charge in [-0.25, -0.2) is 9.67 Å². The quantitative estimate of drug-likeness (QED) is 0.773. The Labute approximate surface area is 156 Å². The number of para-hydroxylation sites is 1. The van der Waals surface area contributed by atoms with Crippen LogP contribution in [0.2, 0.25) is 0 Å². The van der Waals surface area contributed by atoms with E-state index in [1.807, 2.05) is 60.7 Å². The third-order valence-electron chi connectivity index (χ3n) is 4.38. The van der Waals surface area contributed by atoms with Gasteiger partial charge in [0.15, 0.2) is 5.82 Å². The van der Waals surface area contributed by atoms with E-state index in [0.717, 1.165) is 11.3 Å². The third kappa shape index (κ3) is 3.57. The Bertz CT molecular complexity index is 896. The molecule has 1 fully saturated rings. The van der Waals surface area contributed by atoms with Gasteiger partial charge in [-0.15, -0.1) is 5.10 Å². The Morgan fingerprint density at radius 1 is 1.00 bits per heavy atom.